The van der Waals surface area contributed by atoms with E-state index in [1.165, 1.54) is 0 Å². The average molecular weight is 401 g/mol. The Kier molecular flexibility index (Phi) is 4.17. The van der Waals surface area contributed by atoms with Gasteiger partial charge in [-0.25, -0.2) is 9.78 Å². The van der Waals surface area contributed by atoms with Crippen LogP contribution < -0.4 is 4.74 Å². The van der Waals surface area contributed by atoms with Crippen molar-refractivity contribution in [2.24, 2.45) is 0 Å². The minimum Gasteiger partial charge on any atom is -0.478 e. The van der Waals surface area contributed by atoms with Gasteiger partial charge in [0.2, 0.25) is 0 Å². The van der Waals surface area contributed by atoms with E-state index < -0.39 is 39.1 Å². The van der Waals surface area contributed by atoms with Crippen LogP contribution in [-0.4, -0.2) is 22.4 Å². The number of carboxylic acids is 1. The van der Waals surface area contributed by atoms with Gasteiger partial charge in [-0.1, -0.05) is 0 Å². The maximum Gasteiger partial charge on any atom is 0.573 e. The van der Waals surface area contributed by atoms with Crippen molar-refractivity contribution in [3.8, 4) is 5.75 Å². The van der Waals surface area contributed by atoms with Gasteiger partial charge in [-0.3, -0.25) is 0 Å². The minimum atomic E-state index is -5.17. The van der Waals surface area contributed by atoms with Crippen LogP contribution in [0.5, 0.6) is 5.75 Å². The molecule has 0 fully saturated rings. The van der Waals surface area contributed by atoms with Gasteiger partial charge in [-0.15, -0.1) is 13.2 Å². The Bertz CT molecular complexity index is 512. The fourth-order valence-electron chi connectivity index (χ4n) is 1.08. The standard InChI is InChI=1S/C8H2F6INO3/c9-7(10,11)5-3(6(17)18)4(15)2(1-16-5)19-8(12,13)14/h1H,(H,17,18). The summed E-state index contributed by atoms with van der Waals surface area (Å²) in [5.41, 5.74) is -3.19. The Morgan fingerprint density at radius 1 is 1.26 bits per heavy atom. The molecule has 0 aliphatic rings. The highest BCUT2D eigenvalue weighted by Crippen LogP contribution is 2.36. The summed E-state index contributed by atoms with van der Waals surface area (Å²) in [6, 6.07) is 0. The third-order valence-electron chi connectivity index (χ3n) is 1.69. The zero-order chi connectivity index (χ0) is 15.0. The van der Waals surface area contributed by atoms with Crippen LogP contribution >= 0.6 is 22.6 Å². The van der Waals surface area contributed by atoms with Crippen molar-refractivity contribution in [1.29, 1.82) is 0 Å². The zero-order valence-electron chi connectivity index (χ0n) is 8.43. The summed E-state index contributed by atoms with van der Waals surface area (Å²) in [6.07, 6.45) is -10.1. The number of pyridine rings is 1. The second-order valence-corrected chi connectivity index (χ2v) is 4.09. The maximum absolute atomic E-state index is 12.5. The molecule has 106 valence electrons. The van der Waals surface area contributed by atoms with Crippen LogP contribution in [0.2, 0.25) is 0 Å². The van der Waals surface area contributed by atoms with Crippen LogP contribution in [0, 0.1) is 3.57 Å². The molecule has 0 aromatic carbocycles. The van der Waals surface area contributed by atoms with Crippen molar-refractivity contribution >= 4 is 28.6 Å². The first-order valence-electron chi connectivity index (χ1n) is 4.18. The molecule has 4 nitrogen and oxygen atoms in total. The van der Waals surface area contributed by atoms with Crippen LogP contribution in [0.25, 0.3) is 0 Å². The highest BCUT2D eigenvalue weighted by molar-refractivity contribution is 14.1. The lowest BCUT2D eigenvalue weighted by molar-refractivity contribution is -0.275. The molecule has 1 aromatic heterocycles. The molecule has 1 aromatic rings. The van der Waals surface area contributed by atoms with Gasteiger partial charge in [-0.05, 0) is 22.6 Å². The molecule has 11 heteroatoms. The predicted octanol–water partition coefficient (Wildman–Crippen LogP) is 3.30. The Labute approximate surface area is 114 Å². The van der Waals surface area contributed by atoms with E-state index in [-0.39, 0.29) is 6.20 Å². The van der Waals surface area contributed by atoms with Gasteiger partial charge in [0.25, 0.3) is 0 Å². The zero-order valence-corrected chi connectivity index (χ0v) is 10.6. The van der Waals surface area contributed by atoms with Gasteiger partial charge in [-0.2, -0.15) is 13.2 Å². The number of carboxylic acid groups (broad SMARTS) is 1. The van der Waals surface area contributed by atoms with Gasteiger partial charge >= 0.3 is 18.5 Å². The molecule has 0 saturated carbocycles. The molecule has 0 saturated heterocycles. The molecule has 0 atom stereocenters. The Balaban J connectivity index is 3.45. The number of alkyl halides is 6. The van der Waals surface area contributed by atoms with Crippen molar-refractivity contribution in [1.82, 2.24) is 4.98 Å². The smallest absolute Gasteiger partial charge is 0.478 e. The summed E-state index contributed by atoms with van der Waals surface area (Å²) in [5.74, 6) is -3.17. The molecular formula is C8H2F6INO3. The molecular weight excluding hydrogens is 399 g/mol. The minimum absolute atomic E-state index is 0.171. The fourth-order valence-corrected chi connectivity index (χ4v) is 1.81. The number of aromatic nitrogens is 1. The molecule has 0 spiro atoms. The van der Waals surface area contributed by atoms with E-state index in [2.05, 4.69) is 9.72 Å². The summed E-state index contributed by atoms with van der Waals surface area (Å²) in [4.78, 5) is 13.4. The summed E-state index contributed by atoms with van der Waals surface area (Å²) in [6.45, 7) is 0. The second kappa shape index (κ2) is 5.02. The Morgan fingerprint density at radius 3 is 2.16 bits per heavy atom. The quantitative estimate of drug-likeness (QED) is 0.611. The van der Waals surface area contributed by atoms with E-state index in [0.29, 0.717) is 0 Å². The molecule has 0 bridgehead atoms. The van der Waals surface area contributed by atoms with E-state index in [1.54, 1.807) is 0 Å². The van der Waals surface area contributed by atoms with E-state index in [1.807, 2.05) is 0 Å². The topological polar surface area (TPSA) is 59.4 Å². The molecule has 0 radical (unpaired) electrons. The van der Waals surface area contributed by atoms with Crippen molar-refractivity contribution in [3.05, 3.63) is 21.0 Å². The van der Waals surface area contributed by atoms with Crippen LogP contribution in [0.15, 0.2) is 6.20 Å². The SMILES string of the molecule is O=C(O)c1c(C(F)(F)F)ncc(OC(F)(F)F)c1I. The number of halogens is 7. The lowest BCUT2D eigenvalue weighted by Crippen LogP contribution is -2.21. The van der Waals surface area contributed by atoms with E-state index in [9.17, 15) is 31.1 Å². The van der Waals surface area contributed by atoms with Gasteiger partial charge < -0.3 is 9.84 Å². The number of rotatable bonds is 2. The van der Waals surface area contributed by atoms with Crippen LogP contribution in [-0.2, 0) is 6.18 Å². The normalized spacial score (nSPS) is 12.4. The van der Waals surface area contributed by atoms with Gasteiger partial charge in [0.05, 0.1) is 9.77 Å². The first-order chi connectivity index (χ1) is 8.43. The third kappa shape index (κ3) is 3.84. The Hall–Kier alpha value is -1.27. The number of carbonyl (C=O) groups is 1. The number of hydrogen-bond donors (Lipinski definition) is 1. The lowest BCUT2D eigenvalue weighted by atomic mass is 10.2. The maximum atomic E-state index is 12.5. The Morgan fingerprint density at radius 2 is 1.79 bits per heavy atom. The molecule has 1 rings (SSSR count). The van der Waals surface area contributed by atoms with Crippen molar-refractivity contribution in [2.45, 2.75) is 12.5 Å². The van der Waals surface area contributed by atoms with E-state index in [4.69, 9.17) is 5.11 Å². The van der Waals surface area contributed by atoms with Crippen LogP contribution in [0.3, 0.4) is 0 Å². The highest BCUT2D eigenvalue weighted by atomic mass is 127. The van der Waals surface area contributed by atoms with Crippen molar-refractivity contribution in [3.63, 3.8) is 0 Å². The van der Waals surface area contributed by atoms with Gasteiger partial charge in [0.1, 0.15) is 5.56 Å². The number of ether oxygens (including phenoxy) is 1. The number of hydrogen-bond acceptors (Lipinski definition) is 3. The summed E-state index contributed by atoms with van der Waals surface area (Å²) in [7, 11) is 0. The molecule has 19 heavy (non-hydrogen) atoms. The van der Waals surface area contributed by atoms with Gasteiger partial charge in [0, 0.05) is 0 Å². The summed E-state index contributed by atoms with van der Waals surface area (Å²) >= 11 is 1.02. The van der Waals surface area contributed by atoms with Crippen molar-refractivity contribution < 1.29 is 41.0 Å². The number of nitrogens with zero attached hydrogens (tertiary/aromatic N) is 1. The lowest BCUT2D eigenvalue weighted by Gasteiger charge is -2.15. The fraction of sp³-hybridized carbons (Fsp3) is 0.250. The molecule has 0 aliphatic heterocycles. The van der Waals surface area contributed by atoms with Gasteiger partial charge in [0.15, 0.2) is 11.4 Å². The molecule has 0 unspecified atom stereocenters. The first-order valence-corrected chi connectivity index (χ1v) is 5.26. The van der Waals surface area contributed by atoms with E-state index in [0.717, 1.165) is 22.6 Å². The van der Waals surface area contributed by atoms with E-state index >= 15 is 0 Å². The van der Waals surface area contributed by atoms with Crippen LogP contribution in [0.4, 0.5) is 26.3 Å². The molecule has 1 N–H and O–H groups in total. The first kappa shape index (κ1) is 15.8. The predicted molar refractivity (Wildman–Crippen MR) is 55.6 cm³/mol. The molecule has 0 amide bonds. The number of aromatic carboxylic acids is 1. The third-order valence-corrected chi connectivity index (χ3v) is 2.76. The molecule has 1 heterocycles. The summed E-state index contributed by atoms with van der Waals surface area (Å²) in [5, 5.41) is 8.65. The average Bonchev–Trinajstić information content (AvgIpc) is 2.16. The van der Waals surface area contributed by atoms with Crippen molar-refractivity contribution in [2.75, 3.05) is 0 Å². The molecule has 0 aliphatic carbocycles. The highest BCUT2D eigenvalue weighted by Gasteiger charge is 2.41. The largest absolute Gasteiger partial charge is 0.573 e. The summed E-state index contributed by atoms with van der Waals surface area (Å²) < 4.78 is 75.8. The monoisotopic (exact) mass is 401 g/mol. The second-order valence-electron chi connectivity index (χ2n) is 3.01. The van der Waals surface area contributed by atoms with Crippen LogP contribution in [0.1, 0.15) is 16.1 Å².